The molecule has 0 aliphatic carbocycles. The van der Waals surface area contributed by atoms with Gasteiger partial charge in [-0.15, -0.1) is 0 Å². The van der Waals surface area contributed by atoms with Crippen LogP contribution in [0.15, 0.2) is 21.9 Å². The van der Waals surface area contributed by atoms with Crippen molar-refractivity contribution in [3.8, 4) is 0 Å². The van der Waals surface area contributed by atoms with Gasteiger partial charge in [0.15, 0.2) is 5.12 Å². The Hall–Kier alpha value is -0.850. The van der Waals surface area contributed by atoms with Crippen molar-refractivity contribution < 1.29 is 21.6 Å². The Labute approximate surface area is 143 Å². The van der Waals surface area contributed by atoms with E-state index >= 15 is 0 Å². The van der Waals surface area contributed by atoms with Gasteiger partial charge in [0.25, 0.3) is 0 Å². The van der Waals surface area contributed by atoms with E-state index in [1.807, 2.05) is 0 Å². The van der Waals surface area contributed by atoms with E-state index in [2.05, 4.69) is 10.0 Å². The van der Waals surface area contributed by atoms with E-state index in [-0.39, 0.29) is 20.7 Å². The average Bonchev–Trinajstić information content (AvgIpc) is 2.34. The second-order valence-corrected chi connectivity index (χ2v) is 9.66. The maximum absolute atomic E-state index is 12.3. The van der Waals surface area contributed by atoms with Gasteiger partial charge in [-0.1, -0.05) is 23.4 Å². The maximum atomic E-state index is 12.3. The van der Waals surface area contributed by atoms with Crippen LogP contribution in [-0.4, -0.2) is 33.9 Å². The molecule has 1 heterocycles. The molecule has 1 aliphatic heterocycles. The molecule has 23 heavy (non-hydrogen) atoms. The molecule has 1 atom stereocenters. The zero-order valence-electron chi connectivity index (χ0n) is 11.9. The topological polar surface area (TPSA) is 135 Å². The zero-order valence-corrected chi connectivity index (χ0v) is 15.1. The minimum Gasteiger partial charge on any atom is -0.368 e. The first kappa shape index (κ1) is 18.5. The third-order valence-electron chi connectivity index (χ3n) is 2.97. The molecule has 0 fully saturated rings. The van der Waals surface area contributed by atoms with Crippen LogP contribution in [0.2, 0.25) is 5.02 Å². The van der Waals surface area contributed by atoms with E-state index in [1.165, 1.54) is 13.0 Å². The predicted octanol–water partition coefficient (Wildman–Crippen LogP) is 0.687. The lowest BCUT2D eigenvalue weighted by molar-refractivity contribution is -0.109. The van der Waals surface area contributed by atoms with Gasteiger partial charge in [-0.2, -0.15) is 4.72 Å². The Morgan fingerprint density at radius 3 is 2.65 bits per heavy atom. The molecule has 0 radical (unpaired) electrons. The summed E-state index contributed by atoms with van der Waals surface area (Å²) in [6, 6.07) is 2.13. The number of hydrogen-bond donors (Lipinski definition) is 3. The van der Waals surface area contributed by atoms with Crippen LogP contribution in [0.25, 0.3) is 0 Å². The smallest absolute Gasteiger partial charge is 0.244 e. The van der Waals surface area contributed by atoms with Crippen LogP contribution in [0.1, 0.15) is 13.3 Å². The summed E-state index contributed by atoms with van der Waals surface area (Å²) in [7, 11) is -8.07. The molecule has 0 spiro atoms. The Morgan fingerprint density at radius 1 is 1.43 bits per heavy atom. The van der Waals surface area contributed by atoms with Gasteiger partial charge < -0.3 is 5.32 Å². The van der Waals surface area contributed by atoms with E-state index in [4.69, 9.17) is 16.7 Å². The van der Waals surface area contributed by atoms with Crippen molar-refractivity contribution in [2.24, 2.45) is 5.14 Å². The monoisotopic (exact) mass is 399 g/mol. The number of fused-ring (bicyclic) bond motifs is 1. The molecule has 0 bridgehead atoms. The van der Waals surface area contributed by atoms with Crippen molar-refractivity contribution in [2.45, 2.75) is 29.3 Å². The molecule has 128 valence electrons. The fraction of sp³-hybridized carbons (Fsp3) is 0.364. The lowest BCUT2D eigenvalue weighted by atomic mass is 10.3. The quantitative estimate of drug-likeness (QED) is 0.677. The number of primary sulfonamides is 1. The first-order valence-electron chi connectivity index (χ1n) is 6.29. The van der Waals surface area contributed by atoms with Crippen LogP contribution in [0.3, 0.4) is 0 Å². The predicted molar refractivity (Wildman–Crippen MR) is 88.3 cm³/mol. The largest absolute Gasteiger partial charge is 0.368 e. The highest BCUT2D eigenvalue weighted by atomic mass is 35.5. The fourth-order valence-electron chi connectivity index (χ4n) is 2.01. The summed E-state index contributed by atoms with van der Waals surface area (Å²) in [6.45, 7) is 1.42. The van der Waals surface area contributed by atoms with Gasteiger partial charge in [-0.3, -0.25) is 4.79 Å². The minimum absolute atomic E-state index is 0.0649. The molecule has 0 saturated heterocycles. The van der Waals surface area contributed by atoms with Crippen LogP contribution in [-0.2, 0) is 24.8 Å². The molecule has 1 aromatic carbocycles. The summed E-state index contributed by atoms with van der Waals surface area (Å²) in [4.78, 5) is 10.2. The lowest BCUT2D eigenvalue weighted by Crippen LogP contribution is -2.45. The van der Waals surface area contributed by atoms with Crippen LogP contribution in [0.4, 0.5) is 5.69 Å². The Kier molecular flexibility index (Phi) is 5.28. The number of carbonyl (C=O) groups excluding carboxylic acids is 1. The number of thioether (sulfide) groups is 1. The summed E-state index contributed by atoms with van der Waals surface area (Å²) >= 11 is 6.95. The number of rotatable bonds is 4. The highest BCUT2D eigenvalue weighted by Crippen LogP contribution is 2.34. The summed E-state index contributed by atoms with van der Waals surface area (Å²) in [5.41, 5.74) is 0.180. The van der Waals surface area contributed by atoms with Crippen LogP contribution in [0, 0.1) is 0 Å². The molecule has 0 aromatic heterocycles. The lowest BCUT2D eigenvalue weighted by Gasteiger charge is -2.28. The number of anilines is 1. The van der Waals surface area contributed by atoms with Gasteiger partial charge in [0.2, 0.25) is 20.0 Å². The van der Waals surface area contributed by atoms with Crippen molar-refractivity contribution in [1.29, 1.82) is 0 Å². The number of halogens is 1. The molecule has 4 N–H and O–H groups in total. The number of sulfonamides is 2. The van der Waals surface area contributed by atoms with Crippen molar-refractivity contribution in [2.75, 3.05) is 11.1 Å². The van der Waals surface area contributed by atoms with Crippen molar-refractivity contribution in [3.05, 3.63) is 17.2 Å². The Bertz CT molecular complexity index is 854. The number of nitrogens with one attached hydrogen (secondary N) is 2. The highest BCUT2D eigenvalue weighted by molar-refractivity contribution is 8.13. The Morgan fingerprint density at radius 2 is 2.09 bits per heavy atom. The molecule has 0 saturated carbocycles. The van der Waals surface area contributed by atoms with Crippen molar-refractivity contribution in [3.63, 3.8) is 0 Å². The molecule has 8 nitrogen and oxygen atoms in total. The molecule has 0 amide bonds. The molecule has 1 unspecified atom stereocenters. The second-order valence-electron chi connectivity index (χ2n) is 4.77. The Balaban J connectivity index is 2.35. The standard InChI is InChI=1S/C11H14ClN3O5S3/c1-6(16)21-3-2-11-14-8-4-7(12)9(22(13,17)18)5-10(8)23(19,20)15-11/h4-5,11,14-15H,2-3H2,1H3,(H2,13,17,18). The van der Waals surface area contributed by atoms with E-state index in [1.54, 1.807) is 0 Å². The minimum atomic E-state index is -4.15. The van der Waals surface area contributed by atoms with E-state index in [0.29, 0.717) is 12.2 Å². The van der Waals surface area contributed by atoms with Gasteiger partial charge in [0, 0.05) is 12.7 Å². The molecule has 2 rings (SSSR count). The first-order valence-corrected chi connectivity index (χ1v) is 10.7. The number of nitrogens with two attached hydrogens (primary N) is 1. The third kappa shape index (κ3) is 4.37. The molecule has 12 heteroatoms. The molecular weight excluding hydrogens is 386 g/mol. The fourth-order valence-corrected chi connectivity index (χ4v) is 5.18. The van der Waals surface area contributed by atoms with E-state index < -0.39 is 31.1 Å². The van der Waals surface area contributed by atoms with Crippen LogP contribution in [0.5, 0.6) is 0 Å². The maximum Gasteiger partial charge on any atom is 0.244 e. The zero-order chi connectivity index (χ0) is 17.4. The van der Waals surface area contributed by atoms with Gasteiger partial charge >= 0.3 is 0 Å². The average molecular weight is 400 g/mol. The van der Waals surface area contributed by atoms with Crippen LogP contribution < -0.4 is 15.2 Å². The second kappa shape index (κ2) is 6.57. The van der Waals surface area contributed by atoms with Crippen molar-refractivity contribution >= 4 is 54.2 Å². The van der Waals surface area contributed by atoms with E-state index in [0.717, 1.165) is 17.8 Å². The number of benzene rings is 1. The van der Waals surface area contributed by atoms with Gasteiger partial charge in [0.1, 0.15) is 9.79 Å². The normalized spacial score (nSPS) is 19.7. The summed E-state index contributed by atoms with van der Waals surface area (Å²) < 4.78 is 49.8. The summed E-state index contributed by atoms with van der Waals surface area (Å²) in [5.74, 6) is 0.424. The number of carbonyl (C=O) groups is 1. The first-order chi connectivity index (χ1) is 10.5. The van der Waals surface area contributed by atoms with E-state index in [9.17, 15) is 21.6 Å². The van der Waals surface area contributed by atoms with Crippen LogP contribution >= 0.6 is 23.4 Å². The van der Waals surface area contributed by atoms with Crippen molar-refractivity contribution in [1.82, 2.24) is 4.72 Å². The summed E-state index contributed by atoms with van der Waals surface area (Å²) in [5, 5.41) is 7.69. The van der Waals surface area contributed by atoms with Gasteiger partial charge in [-0.05, 0) is 18.6 Å². The third-order valence-corrected chi connectivity index (χ3v) is 6.70. The SMILES string of the molecule is CC(=O)SCCC1Nc2cc(Cl)c(S(N)(=O)=O)cc2S(=O)(=O)N1. The number of hydrogen-bond acceptors (Lipinski definition) is 7. The van der Waals surface area contributed by atoms with Gasteiger partial charge in [-0.25, -0.2) is 22.0 Å². The van der Waals surface area contributed by atoms with Gasteiger partial charge in [0.05, 0.1) is 16.9 Å². The summed E-state index contributed by atoms with van der Waals surface area (Å²) in [6.07, 6.45) is -0.270. The molecule has 1 aromatic rings. The molecule has 1 aliphatic rings. The molecular formula is C11H14ClN3O5S3. The highest BCUT2D eigenvalue weighted by Gasteiger charge is 2.31.